The van der Waals surface area contributed by atoms with Gasteiger partial charge in [0.1, 0.15) is 0 Å². The highest BCUT2D eigenvalue weighted by atomic mass is 14.9. The van der Waals surface area contributed by atoms with Gasteiger partial charge in [-0.1, -0.05) is 39.8 Å². The Morgan fingerprint density at radius 1 is 1.25 bits per heavy atom. The third-order valence-corrected chi connectivity index (χ3v) is 4.97. The minimum absolute atomic E-state index is 0.424. The van der Waals surface area contributed by atoms with Crippen LogP contribution in [0.5, 0.6) is 0 Å². The Labute approximate surface area is 101 Å². The zero-order chi connectivity index (χ0) is 11.8. The van der Waals surface area contributed by atoms with E-state index in [4.69, 9.17) is 0 Å². The largest absolute Gasteiger partial charge is 0.316 e. The van der Waals surface area contributed by atoms with E-state index in [1.807, 2.05) is 0 Å². The summed E-state index contributed by atoms with van der Waals surface area (Å²) in [7, 11) is 0. The molecule has 2 bridgehead atoms. The highest BCUT2D eigenvalue weighted by Gasteiger charge is 2.35. The van der Waals surface area contributed by atoms with Crippen molar-refractivity contribution in [3.05, 3.63) is 12.2 Å². The molecule has 0 aromatic heterocycles. The lowest BCUT2D eigenvalue weighted by molar-refractivity contribution is 0.230. The van der Waals surface area contributed by atoms with Crippen molar-refractivity contribution in [2.45, 2.75) is 40.5 Å². The molecule has 1 N–H and O–H groups in total. The molecule has 0 aromatic carbocycles. The number of fused-ring (bicyclic) bond motifs is 2. The highest BCUT2D eigenvalue weighted by molar-refractivity contribution is 5.10. The fourth-order valence-electron chi connectivity index (χ4n) is 2.91. The molecule has 3 atom stereocenters. The predicted molar refractivity (Wildman–Crippen MR) is 70.3 cm³/mol. The second-order valence-electron chi connectivity index (χ2n) is 6.81. The van der Waals surface area contributed by atoms with Gasteiger partial charge in [0.2, 0.25) is 0 Å². The Hall–Kier alpha value is -0.300. The summed E-state index contributed by atoms with van der Waals surface area (Å²) in [5.74, 6) is 3.47. The van der Waals surface area contributed by atoms with Crippen LogP contribution in [0.3, 0.4) is 0 Å². The summed E-state index contributed by atoms with van der Waals surface area (Å²) in [6, 6.07) is 0. The van der Waals surface area contributed by atoms with Gasteiger partial charge in [0.15, 0.2) is 0 Å². The maximum absolute atomic E-state index is 3.70. The highest BCUT2D eigenvalue weighted by Crippen LogP contribution is 2.43. The van der Waals surface area contributed by atoms with Gasteiger partial charge < -0.3 is 5.32 Å². The van der Waals surface area contributed by atoms with E-state index < -0.39 is 0 Å². The van der Waals surface area contributed by atoms with Crippen molar-refractivity contribution in [1.82, 2.24) is 5.32 Å². The standard InChI is InChI=1S/C15H27N/c1-11(2)15(3,4)10-16-9-14-8-12-5-6-13(14)7-12/h5-6,11-14,16H,7-10H2,1-4H3. The fraction of sp³-hybridized carbons (Fsp3) is 0.867. The van der Waals surface area contributed by atoms with Gasteiger partial charge >= 0.3 is 0 Å². The normalized spacial score (nSPS) is 32.9. The van der Waals surface area contributed by atoms with Crippen molar-refractivity contribution >= 4 is 0 Å². The van der Waals surface area contributed by atoms with Gasteiger partial charge in [-0.25, -0.2) is 0 Å². The van der Waals surface area contributed by atoms with Crippen LogP contribution in [0, 0.1) is 29.1 Å². The molecule has 0 amide bonds. The molecule has 0 spiro atoms. The zero-order valence-corrected chi connectivity index (χ0v) is 11.3. The van der Waals surface area contributed by atoms with Crippen molar-refractivity contribution < 1.29 is 0 Å². The van der Waals surface area contributed by atoms with Crippen molar-refractivity contribution in [3.8, 4) is 0 Å². The van der Waals surface area contributed by atoms with Gasteiger partial charge in [-0.15, -0.1) is 0 Å². The number of hydrogen-bond acceptors (Lipinski definition) is 1. The van der Waals surface area contributed by atoms with Crippen molar-refractivity contribution in [1.29, 1.82) is 0 Å². The maximum atomic E-state index is 3.70. The molecule has 1 saturated carbocycles. The van der Waals surface area contributed by atoms with E-state index >= 15 is 0 Å². The van der Waals surface area contributed by atoms with Crippen LogP contribution in [0.25, 0.3) is 0 Å². The summed E-state index contributed by atoms with van der Waals surface area (Å²) in [6.45, 7) is 11.8. The van der Waals surface area contributed by atoms with Crippen molar-refractivity contribution in [2.75, 3.05) is 13.1 Å². The molecule has 16 heavy (non-hydrogen) atoms. The molecule has 1 fully saturated rings. The number of rotatable bonds is 5. The van der Waals surface area contributed by atoms with E-state index in [1.165, 1.54) is 19.4 Å². The Morgan fingerprint density at radius 3 is 2.50 bits per heavy atom. The first-order valence-corrected chi connectivity index (χ1v) is 6.88. The van der Waals surface area contributed by atoms with E-state index in [0.717, 1.165) is 30.2 Å². The minimum atomic E-state index is 0.424. The monoisotopic (exact) mass is 221 g/mol. The van der Waals surface area contributed by atoms with Crippen LogP contribution >= 0.6 is 0 Å². The summed E-state index contributed by atoms with van der Waals surface area (Å²) in [5.41, 5.74) is 0.424. The molecule has 92 valence electrons. The second kappa shape index (κ2) is 4.52. The van der Waals surface area contributed by atoms with Crippen LogP contribution in [-0.2, 0) is 0 Å². The summed E-state index contributed by atoms with van der Waals surface area (Å²) in [4.78, 5) is 0. The van der Waals surface area contributed by atoms with E-state index in [2.05, 4.69) is 45.2 Å². The molecule has 2 aliphatic carbocycles. The fourth-order valence-corrected chi connectivity index (χ4v) is 2.91. The van der Waals surface area contributed by atoms with E-state index in [-0.39, 0.29) is 0 Å². The number of hydrogen-bond donors (Lipinski definition) is 1. The molecule has 0 saturated heterocycles. The lowest BCUT2D eigenvalue weighted by Gasteiger charge is -2.30. The molecule has 3 unspecified atom stereocenters. The topological polar surface area (TPSA) is 12.0 Å². The first-order chi connectivity index (χ1) is 7.49. The van der Waals surface area contributed by atoms with Gasteiger partial charge in [-0.05, 0) is 48.5 Å². The van der Waals surface area contributed by atoms with Crippen molar-refractivity contribution in [3.63, 3.8) is 0 Å². The van der Waals surface area contributed by atoms with Gasteiger partial charge in [-0.2, -0.15) is 0 Å². The molecule has 2 aliphatic rings. The van der Waals surface area contributed by atoms with E-state index in [9.17, 15) is 0 Å². The van der Waals surface area contributed by atoms with Crippen LogP contribution in [0.2, 0.25) is 0 Å². The molecule has 0 heterocycles. The Morgan fingerprint density at radius 2 is 2.00 bits per heavy atom. The minimum Gasteiger partial charge on any atom is -0.316 e. The van der Waals surface area contributed by atoms with Crippen LogP contribution in [0.1, 0.15) is 40.5 Å². The first-order valence-electron chi connectivity index (χ1n) is 6.88. The predicted octanol–water partition coefficient (Wildman–Crippen LogP) is 3.47. The summed E-state index contributed by atoms with van der Waals surface area (Å²) in [5, 5.41) is 3.70. The average molecular weight is 221 g/mol. The van der Waals surface area contributed by atoms with E-state index in [1.54, 1.807) is 0 Å². The smallest absolute Gasteiger partial charge is 0.000508 e. The SMILES string of the molecule is CC(C)C(C)(C)CNCC1CC2C=CC1C2. The summed E-state index contributed by atoms with van der Waals surface area (Å²) < 4.78 is 0. The number of allylic oxidation sites excluding steroid dienone is 2. The maximum Gasteiger partial charge on any atom is 0.000508 e. The third kappa shape index (κ3) is 2.51. The Balaban J connectivity index is 1.71. The molecular formula is C15H27N. The van der Waals surface area contributed by atoms with Gasteiger partial charge in [-0.3, -0.25) is 0 Å². The first kappa shape index (κ1) is 12.2. The second-order valence-corrected chi connectivity index (χ2v) is 6.81. The van der Waals surface area contributed by atoms with Gasteiger partial charge in [0.05, 0.1) is 0 Å². The van der Waals surface area contributed by atoms with Crippen LogP contribution in [0.4, 0.5) is 0 Å². The number of nitrogens with one attached hydrogen (secondary N) is 1. The summed E-state index contributed by atoms with van der Waals surface area (Å²) in [6.07, 6.45) is 7.74. The Kier molecular flexibility index (Phi) is 3.44. The average Bonchev–Trinajstić information content (AvgIpc) is 2.78. The zero-order valence-electron chi connectivity index (χ0n) is 11.3. The molecule has 1 nitrogen and oxygen atoms in total. The van der Waals surface area contributed by atoms with Crippen LogP contribution in [-0.4, -0.2) is 13.1 Å². The molecule has 0 aliphatic heterocycles. The van der Waals surface area contributed by atoms with Crippen molar-refractivity contribution in [2.24, 2.45) is 29.1 Å². The van der Waals surface area contributed by atoms with Gasteiger partial charge in [0, 0.05) is 6.54 Å². The quantitative estimate of drug-likeness (QED) is 0.701. The molecule has 1 heteroatoms. The van der Waals surface area contributed by atoms with E-state index in [0.29, 0.717) is 5.41 Å². The Bertz CT molecular complexity index is 265. The van der Waals surface area contributed by atoms with Gasteiger partial charge in [0.25, 0.3) is 0 Å². The molecule has 0 radical (unpaired) electrons. The third-order valence-electron chi connectivity index (χ3n) is 4.97. The lowest BCUT2D eigenvalue weighted by atomic mass is 9.81. The summed E-state index contributed by atoms with van der Waals surface area (Å²) >= 11 is 0. The van der Waals surface area contributed by atoms with Crippen LogP contribution < -0.4 is 5.32 Å². The van der Waals surface area contributed by atoms with Crippen LogP contribution in [0.15, 0.2) is 12.2 Å². The lowest BCUT2D eigenvalue weighted by Crippen LogP contribution is -2.36. The molecule has 0 aromatic rings. The molecular weight excluding hydrogens is 194 g/mol. The molecule has 2 rings (SSSR count).